The maximum atomic E-state index is 13.4. The highest BCUT2D eigenvalue weighted by Crippen LogP contribution is 2.37. The van der Waals surface area contributed by atoms with Gasteiger partial charge in [0, 0.05) is 40.7 Å². The molecule has 2 aliphatic rings. The molecule has 0 spiro atoms. The molecule has 0 atom stereocenters. The summed E-state index contributed by atoms with van der Waals surface area (Å²) in [5.41, 5.74) is 2.67. The van der Waals surface area contributed by atoms with Crippen LogP contribution in [0.15, 0.2) is 54.6 Å². The van der Waals surface area contributed by atoms with Gasteiger partial charge in [-0.1, -0.05) is 12.1 Å². The SMILES string of the molecule is CCOc1ccc(N2C(=O)c3cccc4c(N5CCOCC5)ccc(c34)C2=O)cc1. The van der Waals surface area contributed by atoms with Crippen LogP contribution < -0.4 is 14.5 Å². The van der Waals surface area contributed by atoms with Crippen LogP contribution in [0.1, 0.15) is 27.6 Å². The summed E-state index contributed by atoms with van der Waals surface area (Å²) < 4.78 is 10.9. The molecule has 0 saturated carbocycles. The summed E-state index contributed by atoms with van der Waals surface area (Å²) in [6.45, 7) is 5.40. The van der Waals surface area contributed by atoms with Gasteiger partial charge in [-0.2, -0.15) is 0 Å². The third-order valence-corrected chi connectivity index (χ3v) is 5.64. The van der Waals surface area contributed by atoms with Crippen molar-refractivity contribution in [2.75, 3.05) is 42.7 Å². The Labute approximate surface area is 174 Å². The number of hydrogen-bond acceptors (Lipinski definition) is 5. The Morgan fingerprint density at radius 3 is 2.30 bits per heavy atom. The largest absolute Gasteiger partial charge is 0.494 e. The van der Waals surface area contributed by atoms with Crippen LogP contribution in [0.5, 0.6) is 5.75 Å². The second kappa shape index (κ2) is 7.46. The minimum Gasteiger partial charge on any atom is -0.494 e. The first-order chi connectivity index (χ1) is 14.7. The molecule has 3 aromatic carbocycles. The number of amides is 2. The molecule has 0 aliphatic carbocycles. The Morgan fingerprint density at radius 1 is 0.900 bits per heavy atom. The van der Waals surface area contributed by atoms with Crippen LogP contribution in [0, 0.1) is 0 Å². The molecule has 0 aromatic heterocycles. The number of benzene rings is 3. The molecular weight excluding hydrogens is 380 g/mol. The Morgan fingerprint density at radius 2 is 1.60 bits per heavy atom. The Balaban J connectivity index is 1.60. The first-order valence-corrected chi connectivity index (χ1v) is 10.2. The molecule has 1 saturated heterocycles. The molecule has 2 heterocycles. The number of carbonyl (C=O) groups excluding carboxylic acids is 2. The lowest BCUT2D eigenvalue weighted by atomic mass is 9.92. The number of anilines is 2. The fourth-order valence-electron chi connectivity index (χ4n) is 4.25. The number of rotatable bonds is 4. The summed E-state index contributed by atoms with van der Waals surface area (Å²) in [5, 5.41) is 1.67. The summed E-state index contributed by atoms with van der Waals surface area (Å²) in [4.78, 5) is 30.2. The predicted molar refractivity (Wildman–Crippen MR) is 116 cm³/mol. The zero-order valence-corrected chi connectivity index (χ0v) is 16.8. The molecule has 152 valence electrons. The van der Waals surface area contributed by atoms with Crippen LogP contribution in [-0.4, -0.2) is 44.7 Å². The molecule has 3 aromatic rings. The van der Waals surface area contributed by atoms with Crippen LogP contribution in [0.3, 0.4) is 0 Å². The molecule has 2 amide bonds. The highest BCUT2D eigenvalue weighted by Gasteiger charge is 2.34. The van der Waals surface area contributed by atoms with E-state index in [4.69, 9.17) is 9.47 Å². The molecular formula is C24H22N2O4. The normalized spacial score (nSPS) is 16.3. The molecule has 0 N–H and O–H groups in total. The standard InChI is InChI=1S/C24H22N2O4/c1-2-30-17-8-6-16(7-9-17)26-23(27)19-5-3-4-18-21(25-12-14-29-15-13-25)11-10-20(22(18)19)24(26)28/h3-11H,2,12-15H2,1H3. The van der Waals surface area contributed by atoms with Crippen molar-refractivity contribution in [3.63, 3.8) is 0 Å². The first kappa shape index (κ1) is 18.6. The van der Waals surface area contributed by atoms with Crippen molar-refractivity contribution in [2.45, 2.75) is 6.92 Å². The molecule has 0 radical (unpaired) electrons. The van der Waals surface area contributed by atoms with Crippen molar-refractivity contribution in [3.8, 4) is 5.75 Å². The second-order valence-corrected chi connectivity index (χ2v) is 7.33. The third-order valence-electron chi connectivity index (χ3n) is 5.64. The van der Waals surface area contributed by atoms with Gasteiger partial charge in [-0.05, 0) is 49.4 Å². The van der Waals surface area contributed by atoms with Gasteiger partial charge in [-0.3, -0.25) is 9.59 Å². The van der Waals surface area contributed by atoms with E-state index in [1.54, 1.807) is 30.3 Å². The molecule has 5 rings (SSSR count). The Hall–Kier alpha value is -3.38. The molecule has 0 bridgehead atoms. The van der Waals surface area contributed by atoms with E-state index in [1.807, 2.05) is 31.2 Å². The van der Waals surface area contributed by atoms with Crippen LogP contribution in [-0.2, 0) is 4.74 Å². The summed E-state index contributed by atoms with van der Waals surface area (Å²) in [6.07, 6.45) is 0. The van der Waals surface area contributed by atoms with Gasteiger partial charge in [-0.15, -0.1) is 0 Å². The molecule has 6 heteroatoms. The van der Waals surface area contributed by atoms with Crippen LogP contribution in [0.25, 0.3) is 10.8 Å². The van der Waals surface area contributed by atoms with Gasteiger partial charge in [0.15, 0.2) is 0 Å². The lowest BCUT2D eigenvalue weighted by Gasteiger charge is -2.32. The molecule has 1 fully saturated rings. The first-order valence-electron chi connectivity index (χ1n) is 10.2. The van der Waals surface area contributed by atoms with Crippen molar-refractivity contribution in [1.29, 1.82) is 0 Å². The second-order valence-electron chi connectivity index (χ2n) is 7.33. The lowest BCUT2D eigenvalue weighted by Crippen LogP contribution is -2.41. The average Bonchev–Trinajstić information content (AvgIpc) is 2.79. The average molecular weight is 402 g/mol. The van der Waals surface area contributed by atoms with E-state index in [-0.39, 0.29) is 11.8 Å². The number of carbonyl (C=O) groups is 2. The number of morpholine rings is 1. The van der Waals surface area contributed by atoms with Crippen molar-refractivity contribution in [2.24, 2.45) is 0 Å². The zero-order chi connectivity index (χ0) is 20.7. The number of ether oxygens (including phenoxy) is 2. The zero-order valence-electron chi connectivity index (χ0n) is 16.8. The maximum Gasteiger partial charge on any atom is 0.265 e. The minimum atomic E-state index is -0.304. The van der Waals surface area contributed by atoms with E-state index in [1.165, 1.54) is 4.90 Å². The van der Waals surface area contributed by atoms with Crippen molar-refractivity contribution >= 4 is 34.0 Å². The van der Waals surface area contributed by atoms with Gasteiger partial charge >= 0.3 is 0 Å². The Bertz CT molecular complexity index is 1110. The summed E-state index contributed by atoms with van der Waals surface area (Å²) >= 11 is 0. The number of hydrogen-bond donors (Lipinski definition) is 0. The quantitative estimate of drug-likeness (QED) is 0.620. The number of nitrogens with zero attached hydrogens (tertiary/aromatic N) is 2. The van der Waals surface area contributed by atoms with Crippen LogP contribution in [0.4, 0.5) is 11.4 Å². The van der Waals surface area contributed by atoms with Gasteiger partial charge in [-0.25, -0.2) is 4.90 Å². The highest BCUT2D eigenvalue weighted by atomic mass is 16.5. The van der Waals surface area contributed by atoms with E-state index in [0.29, 0.717) is 42.4 Å². The van der Waals surface area contributed by atoms with Crippen molar-refractivity contribution in [1.82, 2.24) is 0 Å². The third kappa shape index (κ3) is 2.92. The maximum absolute atomic E-state index is 13.4. The number of imide groups is 1. The van der Waals surface area contributed by atoms with Crippen molar-refractivity contribution in [3.05, 3.63) is 65.7 Å². The van der Waals surface area contributed by atoms with Gasteiger partial charge < -0.3 is 14.4 Å². The van der Waals surface area contributed by atoms with Gasteiger partial charge in [0.05, 0.1) is 25.5 Å². The Kier molecular flexibility index (Phi) is 4.64. The van der Waals surface area contributed by atoms with Crippen LogP contribution >= 0.6 is 0 Å². The van der Waals surface area contributed by atoms with Gasteiger partial charge in [0.1, 0.15) is 5.75 Å². The topological polar surface area (TPSA) is 59.1 Å². The van der Waals surface area contributed by atoms with E-state index in [2.05, 4.69) is 4.90 Å². The molecule has 30 heavy (non-hydrogen) atoms. The van der Waals surface area contributed by atoms with E-state index in [0.717, 1.165) is 29.5 Å². The van der Waals surface area contributed by atoms with Gasteiger partial charge in [0.2, 0.25) is 0 Å². The predicted octanol–water partition coefficient (Wildman–Crippen LogP) is 3.88. The molecule has 2 aliphatic heterocycles. The highest BCUT2D eigenvalue weighted by molar-refractivity contribution is 6.36. The molecule has 6 nitrogen and oxygen atoms in total. The van der Waals surface area contributed by atoms with E-state index < -0.39 is 0 Å². The van der Waals surface area contributed by atoms with Crippen LogP contribution in [0.2, 0.25) is 0 Å². The van der Waals surface area contributed by atoms with Crippen molar-refractivity contribution < 1.29 is 19.1 Å². The smallest absolute Gasteiger partial charge is 0.265 e. The minimum absolute atomic E-state index is 0.304. The summed E-state index contributed by atoms with van der Waals surface area (Å²) in [7, 11) is 0. The fraction of sp³-hybridized carbons (Fsp3) is 0.250. The summed E-state index contributed by atoms with van der Waals surface area (Å²) in [6, 6.07) is 16.5. The monoisotopic (exact) mass is 402 g/mol. The van der Waals surface area contributed by atoms with Gasteiger partial charge in [0.25, 0.3) is 11.8 Å². The lowest BCUT2D eigenvalue weighted by molar-refractivity contribution is 0.0893. The van der Waals surface area contributed by atoms with E-state index in [9.17, 15) is 9.59 Å². The molecule has 0 unspecified atom stereocenters. The summed E-state index contributed by atoms with van der Waals surface area (Å²) in [5.74, 6) is 0.0959. The van der Waals surface area contributed by atoms with E-state index >= 15 is 0 Å². The fourth-order valence-corrected chi connectivity index (χ4v) is 4.25.